The Labute approximate surface area is 131 Å². The first-order chi connectivity index (χ1) is 10.7. The summed E-state index contributed by atoms with van der Waals surface area (Å²) < 4.78 is 5.19. The summed E-state index contributed by atoms with van der Waals surface area (Å²) >= 11 is 0. The standard InChI is InChI=1S/C18H24N2O2/c1-22-16-4-2-3-15(10-16)19-18(21)20-17-13-6-11-5-12(8-13)9-14(17)7-11/h2-4,10-14,17H,5-9H2,1H3,(H2,19,20,21). The maximum absolute atomic E-state index is 12.3. The number of hydrogen-bond donors (Lipinski definition) is 2. The molecule has 22 heavy (non-hydrogen) atoms. The van der Waals surface area contributed by atoms with E-state index in [0.717, 1.165) is 23.3 Å². The van der Waals surface area contributed by atoms with Gasteiger partial charge in [0, 0.05) is 17.8 Å². The van der Waals surface area contributed by atoms with Crippen LogP contribution in [0, 0.1) is 23.7 Å². The first-order valence-electron chi connectivity index (χ1n) is 8.43. The maximum atomic E-state index is 12.3. The average Bonchev–Trinajstić information content (AvgIpc) is 2.50. The van der Waals surface area contributed by atoms with Crippen molar-refractivity contribution in [3.8, 4) is 5.75 Å². The van der Waals surface area contributed by atoms with Gasteiger partial charge in [0.2, 0.25) is 0 Å². The molecule has 4 nitrogen and oxygen atoms in total. The van der Waals surface area contributed by atoms with Gasteiger partial charge in [-0.1, -0.05) is 6.07 Å². The molecule has 1 aromatic carbocycles. The number of carbonyl (C=O) groups excluding carboxylic acids is 1. The third-order valence-electron chi connectivity index (χ3n) is 5.85. The molecule has 5 rings (SSSR count). The molecule has 4 heteroatoms. The van der Waals surface area contributed by atoms with Gasteiger partial charge in [0.1, 0.15) is 5.75 Å². The summed E-state index contributed by atoms with van der Waals surface area (Å²) in [6, 6.07) is 7.79. The van der Waals surface area contributed by atoms with Gasteiger partial charge in [0.15, 0.2) is 0 Å². The second kappa shape index (κ2) is 5.49. The van der Waals surface area contributed by atoms with Crippen LogP contribution in [0.3, 0.4) is 0 Å². The summed E-state index contributed by atoms with van der Waals surface area (Å²) in [5.41, 5.74) is 0.778. The van der Waals surface area contributed by atoms with Gasteiger partial charge in [-0.3, -0.25) is 0 Å². The summed E-state index contributed by atoms with van der Waals surface area (Å²) in [6.07, 6.45) is 6.71. The SMILES string of the molecule is COc1cccc(NC(=O)NC2C3CC4CC(C3)CC2C4)c1. The fourth-order valence-electron chi connectivity index (χ4n) is 5.18. The van der Waals surface area contributed by atoms with Gasteiger partial charge in [0.05, 0.1) is 7.11 Å². The second-order valence-electron chi connectivity index (χ2n) is 7.29. The molecule has 4 saturated carbocycles. The quantitative estimate of drug-likeness (QED) is 0.895. The summed E-state index contributed by atoms with van der Waals surface area (Å²) in [5.74, 6) is 4.02. The van der Waals surface area contributed by atoms with Crippen molar-refractivity contribution in [3.63, 3.8) is 0 Å². The highest BCUT2D eigenvalue weighted by Crippen LogP contribution is 2.53. The highest BCUT2D eigenvalue weighted by Gasteiger charge is 2.48. The smallest absolute Gasteiger partial charge is 0.319 e. The molecule has 4 fully saturated rings. The minimum absolute atomic E-state index is 0.0780. The maximum Gasteiger partial charge on any atom is 0.319 e. The molecule has 0 aromatic heterocycles. The molecule has 2 amide bonds. The van der Waals surface area contributed by atoms with Gasteiger partial charge < -0.3 is 15.4 Å². The molecule has 0 radical (unpaired) electrons. The fourth-order valence-corrected chi connectivity index (χ4v) is 5.18. The molecule has 118 valence electrons. The van der Waals surface area contributed by atoms with Gasteiger partial charge >= 0.3 is 6.03 Å². The van der Waals surface area contributed by atoms with Crippen molar-refractivity contribution in [2.24, 2.45) is 23.7 Å². The minimum Gasteiger partial charge on any atom is -0.497 e. The Kier molecular flexibility index (Phi) is 3.47. The summed E-state index contributed by atoms with van der Waals surface area (Å²) in [6.45, 7) is 0. The van der Waals surface area contributed by atoms with Crippen LogP contribution in [0.2, 0.25) is 0 Å². The number of anilines is 1. The molecule has 0 spiro atoms. The number of benzene rings is 1. The second-order valence-corrected chi connectivity index (χ2v) is 7.29. The van der Waals surface area contributed by atoms with Crippen molar-refractivity contribution in [1.82, 2.24) is 5.32 Å². The number of nitrogens with one attached hydrogen (secondary N) is 2. The third kappa shape index (κ3) is 2.55. The average molecular weight is 300 g/mol. The van der Waals surface area contributed by atoms with Crippen LogP contribution in [0.25, 0.3) is 0 Å². The van der Waals surface area contributed by atoms with Crippen LogP contribution in [-0.2, 0) is 0 Å². The van der Waals surface area contributed by atoms with Gasteiger partial charge in [-0.05, 0) is 67.9 Å². The molecule has 2 N–H and O–H groups in total. The molecule has 0 saturated heterocycles. The lowest BCUT2D eigenvalue weighted by atomic mass is 9.54. The van der Waals surface area contributed by atoms with E-state index in [1.165, 1.54) is 32.1 Å². The van der Waals surface area contributed by atoms with Crippen LogP contribution < -0.4 is 15.4 Å². The van der Waals surface area contributed by atoms with E-state index in [2.05, 4.69) is 10.6 Å². The molecular weight excluding hydrogens is 276 g/mol. The predicted molar refractivity (Wildman–Crippen MR) is 86.0 cm³/mol. The third-order valence-corrected chi connectivity index (χ3v) is 5.85. The van der Waals surface area contributed by atoms with E-state index < -0.39 is 0 Å². The molecular formula is C18H24N2O2. The zero-order valence-corrected chi connectivity index (χ0v) is 13.0. The fraction of sp³-hybridized carbons (Fsp3) is 0.611. The van der Waals surface area contributed by atoms with Gasteiger partial charge in [-0.2, -0.15) is 0 Å². The summed E-state index contributed by atoms with van der Waals surface area (Å²) in [5, 5.41) is 6.20. The molecule has 0 atom stereocenters. The largest absolute Gasteiger partial charge is 0.497 e. The molecule has 4 aliphatic carbocycles. The van der Waals surface area contributed by atoms with Crippen molar-refractivity contribution < 1.29 is 9.53 Å². The lowest BCUT2D eigenvalue weighted by molar-refractivity contribution is -0.00883. The number of ether oxygens (including phenoxy) is 1. The van der Waals surface area contributed by atoms with Crippen molar-refractivity contribution in [2.45, 2.75) is 38.1 Å². The number of rotatable bonds is 3. The zero-order valence-electron chi connectivity index (χ0n) is 13.0. The highest BCUT2D eigenvalue weighted by atomic mass is 16.5. The number of amides is 2. The minimum atomic E-state index is -0.0780. The van der Waals surface area contributed by atoms with E-state index >= 15 is 0 Å². The van der Waals surface area contributed by atoms with Crippen molar-refractivity contribution in [3.05, 3.63) is 24.3 Å². The molecule has 4 bridgehead atoms. The Morgan fingerprint density at radius 1 is 1.09 bits per heavy atom. The van der Waals surface area contributed by atoms with Crippen molar-refractivity contribution in [2.75, 3.05) is 12.4 Å². The van der Waals surface area contributed by atoms with E-state index in [1.807, 2.05) is 24.3 Å². The Balaban J connectivity index is 1.39. The monoisotopic (exact) mass is 300 g/mol. The Hall–Kier alpha value is -1.71. The topological polar surface area (TPSA) is 50.4 Å². The van der Waals surface area contributed by atoms with Crippen molar-refractivity contribution >= 4 is 11.7 Å². The molecule has 0 unspecified atom stereocenters. The zero-order chi connectivity index (χ0) is 15.1. The summed E-state index contributed by atoms with van der Waals surface area (Å²) in [4.78, 5) is 12.3. The Morgan fingerprint density at radius 2 is 1.77 bits per heavy atom. The Bertz CT molecular complexity index is 544. The number of hydrogen-bond acceptors (Lipinski definition) is 2. The van der Waals surface area contributed by atoms with Gasteiger partial charge in [-0.15, -0.1) is 0 Å². The number of carbonyl (C=O) groups is 1. The van der Waals surface area contributed by atoms with Crippen LogP contribution in [-0.4, -0.2) is 19.2 Å². The summed E-state index contributed by atoms with van der Waals surface area (Å²) in [7, 11) is 1.63. The van der Waals surface area contributed by atoms with E-state index in [9.17, 15) is 4.79 Å². The molecule has 4 aliphatic rings. The molecule has 1 aromatic rings. The van der Waals surface area contributed by atoms with Gasteiger partial charge in [0.25, 0.3) is 0 Å². The van der Waals surface area contributed by atoms with Crippen LogP contribution in [0.5, 0.6) is 5.75 Å². The van der Waals surface area contributed by atoms with Gasteiger partial charge in [-0.25, -0.2) is 4.79 Å². The first kappa shape index (κ1) is 13.9. The molecule has 0 heterocycles. The molecule has 0 aliphatic heterocycles. The predicted octanol–water partition coefficient (Wildman–Crippen LogP) is 3.64. The van der Waals surface area contributed by atoms with Crippen molar-refractivity contribution in [1.29, 1.82) is 0 Å². The van der Waals surface area contributed by atoms with Crippen LogP contribution in [0.4, 0.5) is 10.5 Å². The first-order valence-corrected chi connectivity index (χ1v) is 8.43. The van der Waals surface area contributed by atoms with E-state index in [-0.39, 0.29) is 6.03 Å². The normalized spacial score (nSPS) is 35.2. The highest BCUT2D eigenvalue weighted by molar-refractivity contribution is 5.89. The Morgan fingerprint density at radius 3 is 2.41 bits per heavy atom. The van der Waals surface area contributed by atoms with Crippen LogP contribution in [0.15, 0.2) is 24.3 Å². The lowest BCUT2D eigenvalue weighted by Gasteiger charge is -2.54. The van der Waals surface area contributed by atoms with E-state index in [4.69, 9.17) is 4.74 Å². The van der Waals surface area contributed by atoms with E-state index in [0.29, 0.717) is 17.9 Å². The lowest BCUT2D eigenvalue weighted by Crippen LogP contribution is -2.56. The number of urea groups is 1. The van der Waals surface area contributed by atoms with E-state index in [1.54, 1.807) is 7.11 Å². The van der Waals surface area contributed by atoms with Crippen LogP contribution in [0.1, 0.15) is 32.1 Å². The number of methoxy groups -OCH3 is 1. The van der Waals surface area contributed by atoms with Crippen LogP contribution >= 0.6 is 0 Å².